The van der Waals surface area contributed by atoms with Gasteiger partial charge in [0.1, 0.15) is 6.04 Å². The molecule has 1 fully saturated rings. The van der Waals surface area contributed by atoms with Crippen LogP contribution in [0.4, 0.5) is 0 Å². The SMILES string of the molecule is Cc1n[nH]c(C)c1CNC(=O)C1CCCCC(=O)N1. The number of H-pyrrole nitrogens is 1. The number of nitrogens with one attached hydrogen (secondary N) is 3. The van der Waals surface area contributed by atoms with Crippen molar-refractivity contribution in [2.45, 2.75) is 52.1 Å². The molecule has 1 aliphatic heterocycles. The Kier molecular flexibility index (Phi) is 4.19. The van der Waals surface area contributed by atoms with Crippen molar-refractivity contribution in [3.63, 3.8) is 0 Å². The van der Waals surface area contributed by atoms with Gasteiger partial charge in [-0.3, -0.25) is 14.7 Å². The molecule has 0 aliphatic carbocycles. The number of aromatic nitrogens is 2. The van der Waals surface area contributed by atoms with Crippen LogP contribution in [-0.4, -0.2) is 28.1 Å². The molecule has 1 aromatic rings. The van der Waals surface area contributed by atoms with Gasteiger partial charge in [0, 0.05) is 24.2 Å². The predicted octanol–water partition coefficient (Wildman–Crippen LogP) is 0.702. The van der Waals surface area contributed by atoms with Crippen molar-refractivity contribution in [1.82, 2.24) is 20.8 Å². The highest BCUT2D eigenvalue weighted by molar-refractivity contribution is 5.87. The Labute approximate surface area is 112 Å². The number of hydrogen-bond acceptors (Lipinski definition) is 3. The van der Waals surface area contributed by atoms with Crippen LogP contribution in [0, 0.1) is 13.8 Å². The van der Waals surface area contributed by atoms with E-state index in [4.69, 9.17) is 0 Å². The summed E-state index contributed by atoms with van der Waals surface area (Å²) in [6.07, 6.45) is 2.99. The maximum atomic E-state index is 12.1. The van der Waals surface area contributed by atoms with Crippen LogP contribution in [0.25, 0.3) is 0 Å². The maximum absolute atomic E-state index is 12.1. The molecule has 19 heavy (non-hydrogen) atoms. The standard InChI is InChI=1S/C13H20N4O2/c1-8-10(9(2)17-16-8)7-14-13(19)11-5-3-4-6-12(18)15-11/h11H,3-7H2,1-2H3,(H,14,19)(H,15,18)(H,16,17). The Balaban J connectivity index is 1.92. The molecule has 104 valence electrons. The van der Waals surface area contributed by atoms with Crippen molar-refractivity contribution in [2.24, 2.45) is 0 Å². The molecule has 1 aliphatic rings. The molecule has 6 heteroatoms. The van der Waals surface area contributed by atoms with Crippen molar-refractivity contribution < 1.29 is 9.59 Å². The lowest BCUT2D eigenvalue weighted by Crippen LogP contribution is -2.45. The molecule has 2 rings (SSSR count). The summed E-state index contributed by atoms with van der Waals surface area (Å²) < 4.78 is 0. The van der Waals surface area contributed by atoms with Crippen molar-refractivity contribution in [1.29, 1.82) is 0 Å². The average Bonchev–Trinajstić information content (AvgIpc) is 2.58. The average molecular weight is 264 g/mol. The minimum atomic E-state index is -0.400. The van der Waals surface area contributed by atoms with Gasteiger partial charge in [0.2, 0.25) is 11.8 Å². The summed E-state index contributed by atoms with van der Waals surface area (Å²) in [4.78, 5) is 23.5. The number of carbonyl (C=O) groups excluding carboxylic acids is 2. The molecular weight excluding hydrogens is 244 g/mol. The zero-order valence-electron chi connectivity index (χ0n) is 11.4. The topological polar surface area (TPSA) is 86.9 Å². The van der Waals surface area contributed by atoms with E-state index >= 15 is 0 Å². The van der Waals surface area contributed by atoms with E-state index < -0.39 is 6.04 Å². The van der Waals surface area contributed by atoms with Gasteiger partial charge < -0.3 is 10.6 Å². The second-order valence-electron chi connectivity index (χ2n) is 5.00. The lowest BCUT2D eigenvalue weighted by atomic mass is 10.1. The molecule has 6 nitrogen and oxygen atoms in total. The molecule has 0 spiro atoms. The second kappa shape index (κ2) is 5.86. The van der Waals surface area contributed by atoms with Crippen molar-refractivity contribution in [2.75, 3.05) is 0 Å². The first kappa shape index (κ1) is 13.6. The summed E-state index contributed by atoms with van der Waals surface area (Å²) >= 11 is 0. The molecular formula is C13H20N4O2. The van der Waals surface area contributed by atoms with Crippen molar-refractivity contribution in [3.05, 3.63) is 17.0 Å². The van der Waals surface area contributed by atoms with Gasteiger partial charge in [-0.15, -0.1) is 0 Å². The summed E-state index contributed by atoms with van der Waals surface area (Å²) in [5.74, 6) is -0.149. The highest BCUT2D eigenvalue weighted by Crippen LogP contribution is 2.11. The summed E-state index contributed by atoms with van der Waals surface area (Å²) in [7, 11) is 0. The summed E-state index contributed by atoms with van der Waals surface area (Å²) in [5, 5.41) is 12.6. The number of aromatic amines is 1. The minimum Gasteiger partial charge on any atom is -0.350 e. The minimum absolute atomic E-state index is 0.0340. The normalized spacial score (nSPS) is 19.7. The first-order valence-corrected chi connectivity index (χ1v) is 6.65. The third-order valence-electron chi connectivity index (χ3n) is 3.52. The molecule has 1 atom stereocenters. The molecule has 1 unspecified atom stereocenters. The highest BCUT2D eigenvalue weighted by Gasteiger charge is 2.23. The molecule has 2 amide bonds. The van der Waals surface area contributed by atoms with E-state index in [2.05, 4.69) is 20.8 Å². The Bertz CT molecular complexity index is 461. The molecule has 1 aromatic heterocycles. The van der Waals surface area contributed by atoms with E-state index in [0.717, 1.165) is 29.8 Å². The Hall–Kier alpha value is -1.85. The van der Waals surface area contributed by atoms with Gasteiger partial charge in [-0.05, 0) is 26.7 Å². The lowest BCUT2D eigenvalue weighted by molar-refractivity contribution is -0.128. The highest BCUT2D eigenvalue weighted by atomic mass is 16.2. The zero-order valence-corrected chi connectivity index (χ0v) is 11.4. The monoisotopic (exact) mass is 264 g/mol. The quantitative estimate of drug-likeness (QED) is 0.751. The smallest absolute Gasteiger partial charge is 0.242 e. The van der Waals surface area contributed by atoms with Gasteiger partial charge in [-0.1, -0.05) is 6.42 Å². The Morgan fingerprint density at radius 2 is 2.21 bits per heavy atom. The predicted molar refractivity (Wildman–Crippen MR) is 70.3 cm³/mol. The van der Waals surface area contributed by atoms with E-state index in [1.807, 2.05) is 13.8 Å². The van der Waals surface area contributed by atoms with Crippen LogP contribution in [-0.2, 0) is 16.1 Å². The number of hydrogen-bond donors (Lipinski definition) is 3. The molecule has 1 saturated heterocycles. The van der Waals surface area contributed by atoms with E-state index in [-0.39, 0.29) is 11.8 Å². The van der Waals surface area contributed by atoms with Crippen LogP contribution in [0.5, 0.6) is 0 Å². The van der Waals surface area contributed by atoms with Crippen LogP contribution in [0.1, 0.15) is 42.6 Å². The summed E-state index contributed by atoms with van der Waals surface area (Å²) in [6.45, 7) is 4.27. The maximum Gasteiger partial charge on any atom is 0.242 e. The van der Waals surface area contributed by atoms with Gasteiger partial charge in [-0.25, -0.2) is 0 Å². The number of carbonyl (C=O) groups is 2. The van der Waals surface area contributed by atoms with Gasteiger partial charge in [0.15, 0.2) is 0 Å². The van der Waals surface area contributed by atoms with Gasteiger partial charge in [-0.2, -0.15) is 5.10 Å². The molecule has 0 saturated carbocycles. The van der Waals surface area contributed by atoms with Crippen molar-refractivity contribution >= 4 is 11.8 Å². The second-order valence-corrected chi connectivity index (χ2v) is 5.00. The van der Waals surface area contributed by atoms with E-state index in [1.54, 1.807) is 0 Å². The number of aryl methyl sites for hydroxylation is 2. The number of rotatable bonds is 3. The van der Waals surface area contributed by atoms with E-state index in [9.17, 15) is 9.59 Å². The van der Waals surface area contributed by atoms with Gasteiger partial charge in [0.25, 0.3) is 0 Å². The molecule has 2 heterocycles. The molecule has 3 N–H and O–H groups in total. The first-order valence-electron chi connectivity index (χ1n) is 6.65. The van der Waals surface area contributed by atoms with E-state index in [0.29, 0.717) is 19.4 Å². The van der Waals surface area contributed by atoms with Gasteiger partial charge in [0.05, 0.1) is 5.69 Å². The lowest BCUT2D eigenvalue weighted by Gasteiger charge is -2.15. The van der Waals surface area contributed by atoms with Crippen molar-refractivity contribution in [3.8, 4) is 0 Å². The number of amides is 2. The van der Waals surface area contributed by atoms with Gasteiger partial charge >= 0.3 is 0 Å². The zero-order chi connectivity index (χ0) is 13.8. The van der Waals surface area contributed by atoms with Crippen LogP contribution >= 0.6 is 0 Å². The van der Waals surface area contributed by atoms with Crippen LogP contribution in [0.15, 0.2) is 0 Å². The fraction of sp³-hybridized carbons (Fsp3) is 0.615. The van der Waals surface area contributed by atoms with Crippen LogP contribution in [0.2, 0.25) is 0 Å². The largest absolute Gasteiger partial charge is 0.350 e. The Morgan fingerprint density at radius 1 is 1.42 bits per heavy atom. The first-order chi connectivity index (χ1) is 9.08. The fourth-order valence-corrected chi connectivity index (χ4v) is 2.30. The molecule has 0 radical (unpaired) electrons. The third kappa shape index (κ3) is 3.33. The molecule has 0 aromatic carbocycles. The number of nitrogens with zero attached hydrogens (tertiary/aromatic N) is 1. The Morgan fingerprint density at radius 3 is 2.89 bits per heavy atom. The fourth-order valence-electron chi connectivity index (χ4n) is 2.30. The van der Waals surface area contributed by atoms with Crippen LogP contribution in [0.3, 0.4) is 0 Å². The molecule has 0 bridgehead atoms. The summed E-state index contributed by atoms with van der Waals surface area (Å²) in [5.41, 5.74) is 2.86. The summed E-state index contributed by atoms with van der Waals surface area (Å²) in [6, 6.07) is -0.400. The third-order valence-corrected chi connectivity index (χ3v) is 3.52. The van der Waals surface area contributed by atoms with E-state index in [1.165, 1.54) is 0 Å². The van der Waals surface area contributed by atoms with Crippen LogP contribution < -0.4 is 10.6 Å².